The number of hydrogen-bond donors (Lipinski definition) is 0. The molecule has 0 saturated heterocycles. The third kappa shape index (κ3) is 3.38. The molecule has 0 saturated carbocycles. The molecule has 0 radical (unpaired) electrons. The van der Waals surface area contributed by atoms with Crippen LogP contribution < -0.4 is 4.90 Å². The van der Waals surface area contributed by atoms with Crippen LogP contribution in [0.3, 0.4) is 0 Å². The molecule has 0 aliphatic heterocycles. The van der Waals surface area contributed by atoms with E-state index in [4.69, 9.17) is 4.74 Å². The number of ether oxygens (including phenoxy) is 1. The second kappa shape index (κ2) is 6.66. The minimum atomic E-state index is -0.704. The molecule has 0 spiro atoms. The van der Waals surface area contributed by atoms with Gasteiger partial charge in [-0.05, 0) is 18.6 Å². The van der Waals surface area contributed by atoms with E-state index in [1.54, 1.807) is 6.92 Å². The second-order valence-corrected chi connectivity index (χ2v) is 4.66. The summed E-state index contributed by atoms with van der Waals surface area (Å²) in [7, 11) is 1.39. The number of rotatable bonds is 4. The molecule has 0 aliphatic carbocycles. The molecule has 0 fully saturated rings. The number of benzene rings is 1. The Morgan fingerprint density at radius 2 is 2.00 bits per heavy atom. The number of anilines is 1. The number of aromatic nitrogens is 1. The fourth-order valence-electron chi connectivity index (χ4n) is 1.91. The molecule has 2 aromatic rings. The number of pyridine rings is 1. The normalized spacial score (nSPS) is 10.1. The molecule has 0 aliphatic rings. The number of nitrogens with zero attached hydrogens (tertiary/aromatic N) is 3. The number of amides is 1. The maximum Gasteiger partial charge on any atom is 0.415 e. The van der Waals surface area contributed by atoms with E-state index in [0.29, 0.717) is 5.56 Å². The van der Waals surface area contributed by atoms with E-state index in [2.05, 4.69) is 4.98 Å². The van der Waals surface area contributed by atoms with Crippen molar-refractivity contribution in [2.24, 2.45) is 0 Å². The van der Waals surface area contributed by atoms with Crippen LogP contribution in [0.15, 0.2) is 42.6 Å². The quantitative estimate of drug-likeness (QED) is 0.640. The molecule has 0 N–H and O–H groups in total. The molecule has 1 aromatic heterocycles. The predicted molar refractivity (Wildman–Crippen MR) is 80.7 cm³/mol. The van der Waals surface area contributed by atoms with Crippen molar-refractivity contribution in [3.8, 4) is 0 Å². The molecule has 0 atom stereocenters. The Labute approximate surface area is 127 Å². The Hall–Kier alpha value is -2.96. The Morgan fingerprint density at radius 1 is 1.32 bits per heavy atom. The van der Waals surface area contributed by atoms with E-state index < -0.39 is 11.0 Å². The van der Waals surface area contributed by atoms with Gasteiger partial charge in [0.25, 0.3) is 0 Å². The van der Waals surface area contributed by atoms with Gasteiger partial charge >= 0.3 is 11.8 Å². The van der Waals surface area contributed by atoms with E-state index in [0.717, 1.165) is 10.5 Å². The smallest absolute Gasteiger partial charge is 0.415 e. The zero-order valence-corrected chi connectivity index (χ0v) is 12.2. The van der Waals surface area contributed by atoms with Crippen LogP contribution in [0, 0.1) is 17.0 Å². The molecule has 0 unspecified atom stereocenters. The van der Waals surface area contributed by atoms with E-state index in [-0.39, 0.29) is 18.1 Å². The van der Waals surface area contributed by atoms with Gasteiger partial charge < -0.3 is 4.74 Å². The maximum absolute atomic E-state index is 12.0. The van der Waals surface area contributed by atoms with Crippen molar-refractivity contribution >= 4 is 17.6 Å². The number of hydrogen-bond acceptors (Lipinski definition) is 5. The fourth-order valence-corrected chi connectivity index (χ4v) is 1.91. The summed E-state index contributed by atoms with van der Waals surface area (Å²) in [6.45, 7) is 1.68. The predicted octanol–water partition coefficient (Wildman–Crippen LogP) is 3.07. The Balaban J connectivity index is 2.14. The minimum Gasteiger partial charge on any atom is -0.444 e. The van der Waals surface area contributed by atoms with Gasteiger partial charge in [0.1, 0.15) is 6.61 Å². The van der Waals surface area contributed by atoms with Crippen LogP contribution in [0.2, 0.25) is 0 Å². The molecule has 0 bridgehead atoms. The molecule has 2 rings (SSSR count). The minimum absolute atomic E-state index is 0.0388. The van der Waals surface area contributed by atoms with Crippen LogP contribution >= 0.6 is 0 Å². The summed E-state index contributed by atoms with van der Waals surface area (Å²) in [4.78, 5) is 27.6. The lowest BCUT2D eigenvalue weighted by atomic mass is 10.2. The van der Waals surface area contributed by atoms with E-state index in [1.807, 2.05) is 30.3 Å². The average molecular weight is 301 g/mol. The monoisotopic (exact) mass is 301 g/mol. The highest BCUT2D eigenvalue weighted by Crippen LogP contribution is 2.28. The number of nitro groups is 1. The summed E-state index contributed by atoms with van der Waals surface area (Å²) in [6, 6.07) is 10.7. The summed E-state index contributed by atoms with van der Waals surface area (Å²) in [5.41, 5.74) is 1.05. The SMILES string of the molecule is Cc1ccnc(N(C)C(=O)OCc2ccccc2)c1[N+](=O)[O-]. The summed E-state index contributed by atoms with van der Waals surface area (Å²) in [6.07, 6.45) is 0.712. The Morgan fingerprint density at radius 3 is 2.64 bits per heavy atom. The van der Waals surface area contributed by atoms with Gasteiger partial charge in [-0.2, -0.15) is 0 Å². The highest BCUT2D eigenvalue weighted by Gasteiger charge is 2.25. The molecule has 7 nitrogen and oxygen atoms in total. The third-order valence-corrected chi connectivity index (χ3v) is 3.09. The van der Waals surface area contributed by atoms with E-state index >= 15 is 0 Å². The van der Waals surface area contributed by atoms with Crippen LogP contribution in [0.1, 0.15) is 11.1 Å². The molecule has 7 heteroatoms. The first-order chi connectivity index (χ1) is 10.5. The van der Waals surface area contributed by atoms with Gasteiger partial charge in [0.2, 0.25) is 5.82 Å². The lowest BCUT2D eigenvalue weighted by Gasteiger charge is -2.16. The summed E-state index contributed by atoms with van der Waals surface area (Å²) in [5.74, 6) is -0.0388. The van der Waals surface area contributed by atoms with Crippen molar-refractivity contribution < 1.29 is 14.5 Å². The first-order valence-corrected chi connectivity index (χ1v) is 6.55. The lowest BCUT2D eigenvalue weighted by Crippen LogP contribution is -2.28. The van der Waals surface area contributed by atoms with Gasteiger partial charge in [-0.15, -0.1) is 0 Å². The molecule has 1 heterocycles. The van der Waals surface area contributed by atoms with Crippen LogP contribution in [0.4, 0.5) is 16.3 Å². The van der Waals surface area contributed by atoms with Crippen molar-refractivity contribution in [1.29, 1.82) is 0 Å². The number of carbonyl (C=O) groups excluding carboxylic acids is 1. The lowest BCUT2D eigenvalue weighted by molar-refractivity contribution is -0.384. The molecule has 1 aromatic carbocycles. The van der Waals surface area contributed by atoms with Gasteiger partial charge in [0, 0.05) is 18.8 Å². The third-order valence-electron chi connectivity index (χ3n) is 3.09. The van der Waals surface area contributed by atoms with Crippen LogP contribution in [0.5, 0.6) is 0 Å². The molecule has 114 valence electrons. The number of carbonyl (C=O) groups is 1. The fraction of sp³-hybridized carbons (Fsp3) is 0.200. The zero-order valence-electron chi connectivity index (χ0n) is 12.2. The van der Waals surface area contributed by atoms with Gasteiger partial charge in [-0.1, -0.05) is 30.3 Å². The van der Waals surface area contributed by atoms with Crippen molar-refractivity contribution in [3.63, 3.8) is 0 Å². The van der Waals surface area contributed by atoms with E-state index in [9.17, 15) is 14.9 Å². The first kappa shape index (κ1) is 15.4. The largest absolute Gasteiger partial charge is 0.444 e. The molecular weight excluding hydrogens is 286 g/mol. The van der Waals surface area contributed by atoms with Crippen molar-refractivity contribution in [1.82, 2.24) is 4.98 Å². The highest BCUT2D eigenvalue weighted by molar-refractivity contribution is 5.88. The van der Waals surface area contributed by atoms with Crippen molar-refractivity contribution in [3.05, 3.63) is 63.8 Å². The second-order valence-electron chi connectivity index (χ2n) is 4.66. The highest BCUT2D eigenvalue weighted by atomic mass is 16.6. The van der Waals surface area contributed by atoms with Crippen LogP contribution in [0.25, 0.3) is 0 Å². The van der Waals surface area contributed by atoms with Gasteiger partial charge in [0.15, 0.2) is 0 Å². The van der Waals surface area contributed by atoms with Crippen molar-refractivity contribution in [2.75, 3.05) is 11.9 Å². The van der Waals surface area contributed by atoms with Gasteiger partial charge in [-0.3, -0.25) is 15.0 Å². The standard InChI is InChI=1S/C15H15N3O4/c1-11-8-9-16-14(13(11)18(20)21)17(2)15(19)22-10-12-6-4-3-5-7-12/h3-9H,10H2,1-2H3. The Kier molecular flexibility index (Phi) is 4.67. The van der Waals surface area contributed by atoms with Crippen molar-refractivity contribution in [2.45, 2.75) is 13.5 Å². The van der Waals surface area contributed by atoms with Gasteiger partial charge in [0.05, 0.1) is 4.92 Å². The summed E-state index contributed by atoms with van der Waals surface area (Å²) >= 11 is 0. The molecule has 22 heavy (non-hydrogen) atoms. The Bertz CT molecular complexity index is 688. The van der Waals surface area contributed by atoms with Crippen LogP contribution in [-0.4, -0.2) is 23.0 Å². The van der Waals surface area contributed by atoms with Gasteiger partial charge in [-0.25, -0.2) is 9.78 Å². The van der Waals surface area contributed by atoms with E-state index in [1.165, 1.54) is 19.3 Å². The molecule has 1 amide bonds. The summed E-state index contributed by atoms with van der Waals surface area (Å²) in [5, 5.41) is 11.1. The molecular formula is C15H15N3O4. The maximum atomic E-state index is 12.0. The average Bonchev–Trinajstić information content (AvgIpc) is 2.52. The first-order valence-electron chi connectivity index (χ1n) is 6.55. The number of aryl methyl sites for hydroxylation is 1. The topological polar surface area (TPSA) is 85.6 Å². The zero-order chi connectivity index (χ0) is 16.1. The van der Waals surface area contributed by atoms with Crippen LogP contribution in [-0.2, 0) is 11.3 Å². The summed E-state index contributed by atoms with van der Waals surface area (Å²) < 4.78 is 5.14.